The number of hydrogen-bond donors (Lipinski definition) is 2. The highest BCUT2D eigenvalue weighted by atomic mass is 35.5. The third kappa shape index (κ3) is 7.96. The summed E-state index contributed by atoms with van der Waals surface area (Å²) < 4.78 is 5.37. The lowest BCUT2D eigenvalue weighted by atomic mass is 9.83. The molecule has 3 rings (SSSR count). The maximum atomic E-state index is 13.3. The summed E-state index contributed by atoms with van der Waals surface area (Å²) in [6.07, 6.45) is -0.599. The maximum Gasteiger partial charge on any atom is 0.437 e. The Balaban J connectivity index is 1.88. The van der Waals surface area contributed by atoms with E-state index in [2.05, 4.69) is 15.6 Å². The summed E-state index contributed by atoms with van der Waals surface area (Å²) in [5, 5.41) is 7.07. The molecule has 0 radical (unpaired) electrons. The average molecular weight is 576 g/mol. The quantitative estimate of drug-likeness (QED) is 0.409. The Kier molecular flexibility index (Phi) is 9.34. The van der Waals surface area contributed by atoms with Crippen molar-refractivity contribution in [2.24, 2.45) is 10.9 Å². The Morgan fingerprint density at radius 2 is 1.85 bits per heavy atom. The molecule has 39 heavy (non-hydrogen) atoms. The normalized spacial score (nSPS) is 19.6. The molecule has 0 bridgehead atoms. The number of nitrogens with one attached hydrogen (secondary N) is 2. The largest absolute Gasteiger partial charge is 0.442 e. The van der Waals surface area contributed by atoms with Gasteiger partial charge in [0.1, 0.15) is 5.60 Å². The van der Waals surface area contributed by atoms with Gasteiger partial charge in [-0.05, 0) is 75.9 Å². The Labute approximate surface area is 240 Å². The van der Waals surface area contributed by atoms with E-state index in [9.17, 15) is 14.4 Å². The van der Waals surface area contributed by atoms with Crippen LogP contribution in [0.1, 0.15) is 82.4 Å². The van der Waals surface area contributed by atoms with Crippen LogP contribution < -0.4 is 10.6 Å². The van der Waals surface area contributed by atoms with E-state index in [1.807, 2.05) is 39.8 Å². The third-order valence-corrected chi connectivity index (χ3v) is 7.21. The van der Waals surface area contributed by atoms with Crippen LogP contribution in [0.3, 0.4) is 0 Å². The Morgan fingerprint density at radius 3 is 2.46 bits per heavy atom. The summed E-state index contributed by atoms with van der Waals surface area (Å²) in [5.41, 5.74) is 0.408. The molecule has 2 N–H and O–H groups in total. The third-order valence-electron chi connectivity index (χ3n) is 6.65. The number of hydrogen-bond acceptors (Lipinski definition) is 4. The molecule has 1 saturated heterocycles. The second-order valence-electron chi connectivity index (χ2n) is 11.3. The highest BCUT2D eigenvalue weighted by molar-refractivity contribution is 6.33. The second kappa shape index (κ2) is 12.0. The second-order valence-corrected chi connectivity index (χ2v) is 12.2. The van der Waals surface area contributed by atoms with Gasteiger partial charge in [0.25, 0.3) is 5.91 Å². The average Bonchev–Trinajstić information content (AvgIpc) is 2.80. The molecular weight excluding hydrogens is 539 g/mol. The van der Waals surface area contributed by atoms with E-state index in [4.69, 9.17) is 27.9 Å². The van der Waals surface area contributed by atoms with E-state index in [1.54, 1.807) is 51.1 Å². The summed E-state index contributed by atoms with van der Waals surface area (Å²) in [6, 6.07) is 11.9. The SMILES string of the molecule is CC(C)[C@]1(C)CC(=O)N(Cc2ccc(Cl)c(C(=O)N[C@@H](C)c3cccc(Cl)c3)c2)/C(=N\C(=O)OC(C)(C)C)N1. The molecule has 0 aromatic heterocycles. The fraction of sp³-hybridized carbons (Fsp3) is 0.448. The van der Waals surface area contributed by atoms with Crippen molar-refractivity contribution < 1.29 is 19.1 Å². The number of carbonyl (C=O) groups excluding carboxylic acids is 3. The zero-order valence-corrected chi connectivity index (χ0v) is 24.9. The zero-order valence-electron chi connectivity index (χ0n) is 23.4. The van der Waals surface area contributed by atoms with Gasteiger partial charge in [-0.3, -0.25) is 14.5 Å². The Bertz CT molecular complexity index is 1290. The molecule has 0 saturated carbocycles. The van der Waals surface area contributed by atoms with Gasteiger partial charge in [-0.25, -0.2) is 4.79 Å². The summed E-state index contributed by atoms with van der Waals surface area (Å²) in [6.45, 7) is 13.1. The standard InChI is InChI=1S/C29H36Cl2N4O4/c1-17(2)29(7)15-24(36)35(26(34-29)33-27(38)39-28(4,5)6)16-19-11-12-23(31)22(13-19)25(37)32-18(3)20-9-8-10-21(30)14-20/h8-14,17-18H,15-16H2,1-7H3,(H,32,37)(H,33,34,38)/t18-,29-/m0/s1. The van der Waals surface area contributed by atoms with Crippen LogP contribution >= 0.6 is 23.2 Å². The van der Waals surface area contributed by atoms with Crippen LogP contribution in [-0.4, -0.2) is 39.9 Å². The number of carbonyl (C=O) groups is 3. The summed E-state index contributed by atoms with van der Waals surface area (Å²) in [5.74, 6) is -0.387. The molecule has 2 aromatic rings. The van der Waals surface area contributed by atoms with Gasteiger partial charge in [0.05, 0.1) is 29.6 Å². The first-order valence-electron chi connectivity index (χ1n) is 12.8. The van der Waals surface area contributed by atoms with Gasteiger partial charge in [0, 0.05) is 10.6 Å². The van der Waals surface area contributed by atoms with Crippen molar-refractivity contribution in [2.75, 3.05) is 0 Å². The molecule has 1 heterocycles. The van der Waals surface area contributed by atoms with E-state index < -0.39 is 17.2 Å². The van der Waals surface area contributed by atoms with Gasteiger partial charge in [-0.15, -0.1) is 4.99 Å². The number of guanidine groups is 1. The molecule has 0 spiro atoms. The molecule has 3 amide bonds. The van der Waals surface area contributed by atoms with Crippen LogP contribution in [0.15, 0.2) is 47.5 Å². The van der Waals surface area contributed by atoms with Crippen molar-refractivity contribution in [3.63, 3.8) is 0 Å². The van der Waals surface area contributed by atoms with E-state index >= 15 is 0 Å². The zero-order chi connectivity index (χ0) is 29.1. The highest BCUT2D eigenvalue weighted by Crippen LogP contribution is 2.28. The van der Waals surface area contributed by atoms with Crippen LogP contribution in [0.2, 0.25) is 10.0 Å². The number of halogens is 2. The van der Waals surface area contributed by atoms with Gasteiger partial charge in [0.2, 0.25) is 11.9 Å². The predicted octanol–water partition coefficient (Wildman–Crippen LogP) is 6.51. The van der Waals surface area contributed by atoms with Gasteiger partial charge in [-0.1, -0.05) is 55.2 Å². The van der Waals surface area contributed by atoms with Gasteiger partial charge in [-0.2, -0.15) is 0 Å². The monoisotopic (exact) mass is 574 g/mol. The minimum atomic E-state index is -0.804. The van der Waals surface area contributed by atoms with Gasteiger partial charge in [0.15, 0.2) is 0 Å². The number of ether oxygens (including phenoxy) is 1. The summed E-state index contributed by atoms with van der Waals surface area (Å²) in [4.78, 5) is 44.6. The predicted molar refractivity (Wildman–Crippen MR) is 154 cm³/mol. The minimum Gasteiger partial charge on any atom is -0.442 e. The van der Waals surface area contributed by atoms with Crippen molar-refractivity contribution in [2.45, 2.75) is 78.6 Å². The first-order valence-corrected chi connectivity index (χ1v) is 13.6. The van der Waals surface area contributed by atoms with Crippen molar-refractivity contribution in [1.82, 2.24) is 15.5 Å². The molecule has 10 heteroatoms. The molecule has 1 aliphatic rings. The number of nitrogens with zero attached hydrogens (tertiary/aromatic N) is 2. The lowest BCUT2D eigenvalue weighted by molar-refractivity contribution is -0.131. The molecule has 1 fully saturated rings. The van der Waals surface area contributed by atoms with Crippen LogP contribution in [-0.2, 0) is 16.1 Å². The van der Waals surface area contributed by atoms with Gasteiger partial charge < -0.3 is 15.4 Å². The van der Waals surface area contributed by atoms with Crippen molar-refractivity contribution in [1.29, 1.82) is 0 Å². The minimum absolute atomic E-state index is 0.0724. The fourth-order valence-electron chi connectivity index (χ4n) is 4.03. The number of rotatable bonds is 6. The molecule has 2 atom stereocenters. The lowest BCUT2D eigenvalue weighted by Gasteiger charge is -2.43. The van der Waals surface area contributed by atoms with E-state index in [0.717, 1.165) is 5.56 Å². The van der Waals surface area contributed by atoms with Crippen LogP contribution in [0.25, 0.3) is 0 Å². The summed E-state index contributed by atoms with van der Waals surface area (Å²) >= 11 is 12.5. The smallest absolute Gasteiger partial charge is 0.437 e. The number of amides is 3. The Hall–Kier alpha value is -3.10. The first-order chi connectivity index (χ1) is 18.1. The number of benzene rings is 2. The lowest BCUT2D eigenvalue weighted by Crippen LogP contribution is -2.63. The highest BCUT2D eigenvalue weighted by Gasteiger charge is 2.41. The van der Waals surface area contributed by atoms with Crippen molar-refractivity contribution in [3.8, 4) is 0 Å². The molecule has 0 aliphatic carbocycles. The number of aliphatic imine (C=N–C) groups is 1. The van der Waals surface area contributed by atoms with Crippen LogP contribution in [0.5, 0.6) is 0 Å². The Morgan fingerprint density at radius 1 is 1.15 bits per heavy atom. The molecule has 1 aliphatic heterocycles. The molecular formula is C29H36Cl2N4O4. The first kappa shape index (κ1) is 30.4. The van der Waals surface area contributed by atoms with Crippen molar-refractivity contribution in [3.05, 3.63) is 69.2 Å². The van der Waals surface area contributed by atoms with Crippen LogP contribution in [0.4, 0.5) is 4.79 Å². The van der Waals surface area contributed by atoms with E-state index in [0.29, 0.717) is 10.6 Å². The topological polar surface area (TPSA) is 100 Å². The van der Waals surface area contributed by atoms with Crippen molar-refractivity contribution >= 4 is 47.1 Å². The maximum absolute atomic E-state index is 13.3. The molecule has 210 valence electrons. The van der Waals surface area contributed by atoms with E-state index in [-0.39, 0.29) is 53.3 Å². The fourth-order valence-corrected chi connectivity index (χ4v) is 4.43. The molecule has 0 unspecified atom stereocenters. The van der Waals surface area contributed by atoms with Gasteiger partial charge >= 0.3 is 6.09 Å². The van der Waals surface area contributed by atoms with E-state index in [1.165, 1.54) is 4.90 Å². The summed E-state index contributed by atoms with van der Waals surface area (Å²) in [7, 11) is 0. The van der Waals surface area contributed by atoms with Crippen LogP contribution in [0, 0.1) is 5.92 Å². The molecule has 8 nitrogen and oxygen atoms in total. The molecule has 2 aromatic carbocycles.